The van der Waals surface area contributed by atoms with E-state index < -0.39 is 6.10 Å². The molecule has 0 amide bonds. The standard InChI is InChI=1S/C20H20N4O/c1-3-16(11-21)25-17-6-4-5-15(10-17)12-22-20-18-9-14(2)7-8-19(18)23-13-24-20/h4-10,13,16H,3,12H2,1-2H3,(H,22,23,24). The Morgan fingerprint density at radius 1 is 1.20 bits per heavy atom. The number of nitrogens with zero attached hydrogens (tertiary/aromatic N) is 3. The van der Waals surface area contributed by atoms with Gasteiger partial charge in [-0.1, -0.05) is 30.7 Å². The lowest BCUT2D eigenvalue weighted by Gasteiger charge is -2.12. The number of nitriles is 1. The topological polar surface area (TPSA) is 70.8 Å². The SMILES string of the molecule is CCC(C#N)Oc1cccc(CNc2ncnc3ccc(C)cc23)c1. The second-order valence-corrected chi connectivity index (χ2v) is 5.89. The summed E-state index contributed by atoms with van der Waals surface area (Å²) in [4.78, 5) is 8.67. The smallest absolute Gasteiger partial charge is 0.184 e. The van der Waals surface area contributed by atoms with Gasteiger partial charge in [0.1, 0.15) is 24.0 Å². The zero-order valence-corrected chi connectivity index (χ0v) is 14.4. The first kappa shape index (κ1) is 16.7. The Balaban J connectivity index is 1.76. The van der Waals surface area contributed by atoms with E-state index in [1.807, 2.05) is 43.3 Å². The quantitative estimate of drug-likeness (QED) is 0.731. The molecule has 5 nitrogen and oxygen atoms in total. The minimum absolute atomic E-state index is 0.419. The van der Waals surface area contributed by atoms with Crippen molar-refractivity contribution in [2.45, 2.75) is 32.9 Å². The highest BCUT2D eigenvalue weighted by Gasteiger charge is 2.07. The summed E-state index contributed by atoms with van der Waals surface area (Å²) in [6.45, 7) is 4.60. The fraction of sp³-hybridized carbons (Fsp3) is 0.250. The number of benzene rings is 2. The third-order valence-corrected chi connectivity index (χ3v) is 3.94. The first-order chi connectivity index (χ1) is 12.2. The number of anilines is 1. The molecule has 25 heavy (non-hydrogen) atoms. The Morgan fingerprint density at radius 3 is 2.88 bits per heavy atom. The Labute approximate surface area is 147 Å². The molecule has 3 aromatic rings. The number of ether oxygens (including phenoxy) is 1. The predicted molar refractivity (Wildman–Crippen MR) is 98.4 cm³/mol. The number of hydrogen-bond donors (Lipinski definition) is 1. The predicted octanol–water partition coefficient (Wildman–Crippen LogP) is 4.23. The molecule has 2 aromatic carbocycles. The van der Waals surface area contributed by atoms with Gasteiger partial charge in [0.05, 0.1) is 5.52 Å². The Kier molecular flexibility index (Phi) is 5.10. The molecule has 1 atom stereocenters. The fourth-order valence-corrected chi connectivity index (χ4v) is 2.59. The molecule has 1 unspecified atom stereocenters. The molecular formula is C20H20N4O. The Bertz CT molecular complexity index is 917. The molecule has 1 N–H and O–H groups in total. The van der Waals surface area contributed by atoms with Crippen LogP contribution in [0.1, 0.15) is 24.5 Å². The third kappa shape index (κ3) is 4.04. The minimum Gasteiger partial charge on any atom is -0.476 e. The number of hydrogen-bond acceptors (Lipinski definition) is 5. The normalized spacial score (nSPS) is 11.7. The van der Waals surface area contributed by atoms with Crippen molar-refractivity contribution < 1.29 is 4.74 Å². The monoisotopic (exact) mass is 332 g/mol. The molecule has 126 valence electrons. The highest BCUT2D eigenvalue weighted by molar-refractivity contribution is 5.89. The highest BCUT2D eigenvalue weighted by atomic mass is 16.5. The van der Waals surface area contributed by atoms with Gasteiger partial charge in [-0.25, -0.2) is 9.97 Å². The van der Waals surface area contributed by atoms with Crippen LogP contribution in [0.4, 0.5) is 5.82 Å². The molecule has 0 aliphatic carbocycles. The number of fused-ring (bicyclic) bond motifs is 1. The highest BCUT2D eigenvalue weighted by Crippen LogP contribution is 2.22. The molecule has 1 aromatic heterocycles. The van der Waals surface area contributed by atoms with Crippen LogP contribution in [-0.2, 0) is 6.54 Å². The molecule has 0 bridgehead atoms. The van der Waals surface area contributed by atoms with Gasteiger partial charge in [0.2, 0.25) is 0 Å². The van der Waals surface area contributed by atoms with E-state index in [4.69, 9.17) is 10.00 Å². The lowest BCUT2D eigenvalue weighted by atomic mass is 10.1. The van der Waals surface area contributed by atoms with Crippen LogP contribution >= 0.6 is 0 Å². The molecule has 0 aliphatic heterocycles. The summed E-state index contributed by atoms with van der Waals surface area (Å²) in [5.74, 6) is 1.51. The first-order valence-corrected chi connectivity index (χ1v) is 8.30. The average Bonchev–Trinajstić information content (AvgIpc) is 2.64. The van der Waals surface area contributed by atoms with E-state index >= 15 is 0 Å². The summed E-state index contributed by atoms with van der Waals surface area (Å²) < 4.78 is 5.68. The van der Waals surface area contributed by atoms with Crippen molar-refractivity contribution in [3.63, 3.8) is 0 Å². The van der Waals surface area contributed by atoms with Crippen LogP contribution in [0.15, 0.2) is 48.8 Å². The molecule has 0 fully saturated rings. The van der Waals surface area contributed by atoms with Crippen LogP contribution in [0, 0.1) is 18.3 Å². The number of aryl methyl sites for hydroxylation is 1. The zero-order valence-electron chi connectivity index (χ0n) is 14.4. The van der Waals surface area contributed by atoms with Crippen molar-refractivity contribution in [1.82, 2.24) is 9.97 Å². The van der Waals surface area contributed by atoms with Crippen LogP contribution in [0.25, 0.3) is 10.9 Å². The maximum Gasteiger partial charge on any atom is 0.184 e. The van der Waals surface area contributed by atoms with Gasteiger partial charge < -0.3 is 10.1 Å². The van der Waals surface area contributed by atoms with E-state index in [0.29, 0.717) is 18.7 Å². The minimum atomic E-state index is -0.419. The van der Waals surface area contributed by atoms with Crippen molar-refractivity contribution in [2.24, 2.45) is 0 Å². The van der Waals surface area contributed by atoms with E-state index in [9.17, 15) is 0 Å². The van der Waals surface area contributed by atoms with Gasteiger partial charge in [0, 0.05) is 11.9 Å². The van der Waals surface area contributed by atoms with Crippen molar-refractivity contribution in [3.8, 4) is 11.8 Å². The second kappa shape index (κ2) is 7.63. The molecule has 0 saturated carbocycles. The van der Waals surface area contributed by atoms with E-state index in [1.54, 1.807) is 6.33 Å². The second-order valence-electron chi connectivity index (χ2n) is 5.89. The lowest BCUT2D eigenvalue weighted by molar-refractivity contribution is 0.251. The van der Waals surface area contributed by atoms with Gasteiger partial charge in [0.25, 0.3) is 0 Å². The molecule has 5 heteroatoms. The average molecular weight is 332 g/mol. The molecular weight excluding hydrogens is 312 g/mol. The van der Waals surface area contributed by atoms with E-state index in [2.05, 4.69) is 34.3 Å². The Morgan fingerprint density at radius 2 is 2.08 bits per heavy atom. The van der Waals surface area contributed by atoms with Crippen LogP contribution in [0.3, 0.4) is 0 Å². The number of nitrogens with one attached hydrogen (secondary N) is 1. The van der Waals surface area contributed by atoms with Gasteiger partial charge in [-0.2, -0.15) is 5.26 Å². The fourth-order valence-electron chi connectivity index (χ4n) is 2.59. The molecule has 1 heterocycles. The molecule has 0 spiro atoms. The summed E-state index contributed by atoms with van der Waals surface area (Å²) in [6, 6.07) is 16.0. The van der Waals surface area contributed by atoms with Crippen LogP contribution in [-0.4, -0.2) is 16.1 Å². The summed E-state index contributed by atoms with van der Waals surface area (Å²) in [5.41, 5.74) is 3.15. The van der Waals surface area contributed by atoms with Crippen molar-refractivity contribution in [1.29, 1.82) is 5.26 Å². The van der Waals surface area contributed by atoms with Gasteiger partial charge in [-0.15, -0.1) is 0 Å². The molecule has 0 aliphatic rings. The molecule has 0 radical (unpaired) electrons. The maximum absolute atomic E-state index is 9.03. The zero-order chi connectivity index (χ0) is 17.6. The van der Waals surface area contributed by atoms with Crippen LogP contribution in [0.5, 0.6) is 5.75 Å². The van der Waals surface area contributed by atoms with Crippen molar-refractivity contribution in [3.05, 3.63) is 59.9 Å². The maximum atomic E-state index is 9.03. The van der Waals surface area contributed by atoms with E-state index in [-0.39, 0.29) is 0 Å². The first-order valence-electron chi connectivity index (χ1n) is 8.30. The molecule has 3 rings (SSSR count). The largest absolute Gasteiger partial charge is 0.476 e. The van der Waals surface area contributed by atoms with Crippen molar-refractivity contribution >= 4 is 16.7 Å². The van der Waals surface area contributed by atoms with E-state index in [1.165, 1.54) is 5.56 Å². The van der Waals surface area contributed by atoms with Gasteiger partial charge in [-0.3, -0.25) is 0 Å². The summed E-state index contributed by atoms with van der Waals surface area (Å²) >= 11 is 0. The van der Waals surface area contributed by atoms with E-state index in [0.717, 1.165) is 22.3 Å². The van der Waals surface area contributed by atoms with Crippen LogP contribution in [0.2, 0.25) is 0 Å². The number of rotatable bonds is 6. The summed E-state index contributed by atoms with van der Waals surface area (Å²) in [6.07, 6.45) is 1.81. The van der Waals surface area contributed by atoms with Crippen LogP contribution < -0.4 is 10.1 Å². The van der Waals surface area contributed by atoms with Crippen molar-refractivity contribution in [2.75, 3.05) is 5.32 Å². The lowest BCUT2D eigenvalue weighted by Crippen LogP contribution is -2.12. The van der Waals surface area contributed by atoms with Gasteiger partial charge in [-0.05, 0) is 43.2 Å². The summed E-state index contributed by atoms with van der Waals surface area (Å²) in [5, 5.41) is 13.4. The number of aromatic nitrogens is 2. The third-order valence-electron chi connectivity index (χ3n) is 3.94. The van der Waals surface area contributed by atoms with Gasteiger partial charge >= 0.3 is 0 Å². The summed E-state index contributed by atoms with van der Waals surface area (Å²) in [7, 11) is 0. The Hall–Kier alpha value is -3.13. The van der Waals surface area contributed by atoms with Gasteiger partial charge in [0.15, 0.2) is 6.10 Å². The molecule has 0 saturated heterocycles.